The highest BCUT2D eigenvalue weighted by atomic mass is 16.3. The number of phenols is 1. The van der Waals surface area contributed by atoms with E-state index in [1.165, 1.54) is 19.3 Å². The van der Waals surface area contributed by atoms with Crippen molar-refractivity contribution in [3.63, 3.8) is 0 Å². The molecule has 0 spiro atoms. The quantitative estimate of drug-likeness (QED) is 0.630. The Kier molecular flexibility index (Phi) is 3.91. The molecule has 0 radical (unpaired) electrons. The van der Waals surface area contributed by atoms with Crippen LogP contribution in [0.3, 0.4) is 0 Å². The maximum absolute atomic E-state index is 12.5. The van der Waals surface area contributed by atoms with Crippen LogP contribution in [0.4, 0.5) is 0 Å². The zero-order chi connectivity index (χ0) is 19.7. The van der Waals surface area contributed by atoms with Gasteiger partial charge in [0.2, 0.25) is 0 Å². The third kappa shape index (κ3) is 2.28. The highest BCUT2D eigenvalue weighted by Gasteiger charge is 2.64. The molecule has 3 unspecified atom stereocenters. The van der Waals surface area contributed by atoms with Gasteiger partial charge in [0.05, 0.1) is 11.2 Å². The molecule has 2 saturated carbocycles. The van der Waals surface area contributed by atoms with Gasteiger partial charge in [0, 0.05) is 29.9 Å². The van der Waals surface area contributed by atoms with Gasteiger partial charge in [-0.3, -0.25) is 9.59 Å². The van der Waals surface area contributed by atoms with Crippen molar-refractivity contribution in [1.29, 1.82) is 0 Å². The number of benzene rings is 1. The summed E-state index contributed by atoms with van der Waals surface area (Å²) < 4.78 is 0. The van der Waals surface area contributed by atoms with Crippen molar-refractivity contribution in [1.82, 2.24) is 5.32 Å². The molecule has 0 aromatic heterocycles. The van der Waals surface area contributed by atoms with E-state index < -0.39 is 16.9 Å². The summed E-state index contributed by atoms with van der Waals surface area (Å²) in [6.07, 6.45) is 6.58. The first kappa shape index (κ1) is 18.1. The van der Waals surface area contributed by atoms with E-state index in [2.05, 4.69) is 5.32 Å². The second kappa shape index (κ2) is 6.04. The van der Waals surface area contributed by atoms with Gasteiger partial charge in [0.15, 0.2) is 0 Å². The average molecular weight is 384 g/mol. The fourth-order valence-corrected chi connectivity index (χ4v) is 6.36. The molecule has 6 heteroatoms. The zero-order valence-electron chi connectivity index (χ0n) is 16.1. The molecule has 1 saturated heterocycles. The van der Waals surface area contributed by atoms with Gasteiger partial charge < -0.3 is 21.3 Å². The van der Waals surface area contributed by atoms with Crippen molar-refractivity contribution in [2.24, 2.45) is 11.7 Å². The van der Waals surface area contributed by atoms with Gasteiger partial charge in [-0.2, -0.15) is 0 Å². The van der Waals surface area contributed by atoms with E-state index in [0.29, 0.717) is 43.7 Å². The molecule has 6 nitrogen and oxygen atoms in total. The fraction of sp³-hybridized carbons (Fsp3) is 0.636. The summed E-state index contributed by atoms with van der Waals surface area (Å²) in [5.74, 6) is -0.0716. The summed E-state index contributed by atoms with van der Waals surface area (Å²) in [5.41, 5.74) is 6.51. The van der Waals surface area contributed by atoms with Crippen LogP contribution in [0.5, 0.6) is 5.75 Å². The van der Waals surface area contributed by atoms with Crippen molar-refractivity contribution in [2.75, 3.05) is 6.54 Å². The lowest BCUT2D eigenvalue weighted by atomic mass is 9.49. The van der Waals surface area contributed by atoms with Gasteiger partial charge in [-0.1, -0.05) is 19.3 Å². The van der Waals surface area contributed by atoms with E-state index >= 15 is 0 Å². The standard InChI is InChI=1S/C22H28N2O4/c23-20(27)16-9-13(8-12-2-1-3-12)15-10-17-22(28)5-4-14(25)11-21(22,6-7-24-17)18(15)19(16)26/h9,12,17,24,26,28H,1-8,10-11H2,(H2,23,27). The Morgan fingerprint density at radius 3 is 2.79 bits per heavy atom. The first-order valence-corrected chi connectivity index (χ1v) is 10.5. The molecular weight excluding hydrogens is 356 g/mol. The minimum atomic E-state index is -1.09. The lowest BCUT2D eigenvalue weighted by Crippen LogP contribution is -2.72. The van der Waals surface area contributed by atoms with E-state index in [4.69, 9.17) is 5.73 Å². The first-order chi connectivity index (χ1) is 13.4. The van der Waals surface area contributed by atoms with Gasteiger partial charge in [-0.25, -0.2) is 0 Å². The van der Waals surface area contributed by atoms with Crippen LogP contribution in [0.1, 0.15) is 72.0 Å². The Hall–Kier alpha value is -1.92. The number of aromatic hydroxyl groups is 1. The summed E-state index contributed by atoms with van der Waals surface area (Å²) in [5, 5.41) is 26.4. The predicted molar refractivity (Wildman–Crippen MR) is 103 cm³/mol. The summed E-state index contributed by atoms with van der Waals surface area (Å²) >= 11 is 0. The fourth-order valence-electron chi connectivity index (χ4n) is 6.36. The average Bonchev–Trinajstić information content (AvgIpc) is 2.59. The number of carbonyl (C=O) groups is 2. The van der Waals surface area contributed by atoms with E-state index in [9.17, 15) is 19.8 Å². The van der Waals surface area contributed by atoms with E-state index in [1.54, 1.807) is 6.07 Å². The Bertz CT molecular complexity index is 878. The number of Topliss-reactive ketones (excluding diaryl/α,β-unsaturated/α-hetero) is 1. The maximum Gasteiger partial charge on any atom is 0.252 e. The van der Waals surface area contributed by atoms with Crippen molar-refractivity contribution in [3.05, 3.63) is 28.3 Å². The van der Waals surface area contributed by atoms with Crippen molar-refractivity contribution >= 4 is 11.7 Å². The molecule has 1 aromatic carbocycles. The zero-order valence-corrected chi connectivity index (χ0v) is 16.1. The third-order valence-corrected chi connectivity index (χ3v) is 8.02. The second-order valence-electron chi connectivity index (χ2n) is 9.33. The number of nitrogens with two attached hydrogens (primary N) is 1. The summed E-state index contributed by atoms with van der Waals surface area (Å²) in [7, 11) is 0. The number of rotatable bonds is 3. The van der Waals surface area contributed by atoms with Crippen molar-refractivity contribution in [3.8, 4) is 5.75 Å². The number of primary amides is 1. The number of hydrogen-bond donors (Lipinski definition) is 4. The number of aliphatic hydroxyl groups is 1. The molecule has 150 valence electrons. The molecule has 4 aliphatic rings. The number of hydrogen-bond acceptors (Lipinski definition) is 5. The largest absolute Gasteiger partial charge is 0.507 e. The van der Waals surface area contributed by atoms with Gasteiger partial charge in [-0.15, -0.1) is 0 Å². The minimum Gasteiger partial charge on any atom is -0.507 e. The molecule has 1 aliphatic heterocycles. The number of piperidine rings is 1. The summed E-state index contributed by atoms with van der Waals surface area (Å²) in [6.45, 7) is 0.678. The molecule has 2 bridgehead atoms. The van der Waals surface area contributed by atoms with E-state index in [0.717, 1.165) is 17.5 Å². The molecule has 3 atom stereocenters. The normalized spacial score (nSPS) is 34.3. The number of amides is 1. The molecular formula is C22H28N2O4. The Balaban J connectivity index is 1.76. The topological polar surface area (TPSA) is 113 Å². The van der Waals surface area contributed by atoms with Gasteiger partial charge in [0.25, 0.3) is 5.91 Å². The van der Waals surface area contributed by atoms with E-state index in [-0.39, 0.29) is 29.6 Å². The highest BCUT2D eigenvalue weighted by molar-refractivity contribution is 5.97. The number of nitrogens with one attached hydrogen (secondary N) is 1. The molecule has 3 aliphatic carbocycles. The Morgan fingerprint density at radius 1 is 1.32 bits per heavy atom. The van der Waals surface area contributed by atoms with Crippen molar-refractivity contribution < 1.29 is 19.8 Å². The second-order valence-corrected chi connectivity index (χ2v) is 9.33. The van der Waals surface area contributed by atoms with Crippen LogP contribution in [0.25, 0.3) is 0 Å². The molecule has 3 fully saturated rings. The van der Waals surface area contributed by atoms with Crippen LogP contribution >= 0.6 is 0 Å². The molecule has 5 N–H and O–H groups in total. The summed E-state index contributed by atoms with van der Waals surface area (Å²) in [6, 6.07) is 1.62. The Morgan fingerprint density at radius 2 is 2.11 bits per heavy atom. The van der Waals surface area contributed by atoms with Crippen LogP contribution in [-0.2, 0) is 23.1 Å². The van der Waals surface area contributed by atoms with Gasteiger partial charge in [-0.05, 0) is 55.3 Å². The molecule has 1 aromatic rings. The highest BCUT2D eigenvalue weighted by Crippen LogP contribution is 2.58. The molecule has 1 amide bonds. The van der Waals surface area contributed by atoms with Crippen LogP contribution in [-0.4, -0.2) is 40.1 Å². The molecule has 5 rings (SSSR count). The van der Waals surface area contributed by atoms with Crippen molar-refractivity contribution in [2.45, 2.75) is 74.8 Å². The first-order valence-electron chi connectivity index (χ1n) is 10.5. The van der Waals surface area contributed by atoms with E-state index in [1.807, 2.05) is 0 Å². The lowest BCUT2D eigenvalue weighted by Gasteiger charge is -2.61. The van der Waals surface area contributed by atoms with Crippen LogP contribution in [0.2, 0.25) is 0 Å². The lowest BCUT2D eigenvalue weighted by molar-refractivity contribution is -0.149. The summed E-state index contributed by atoms with van der Waals surface area (Å²) in [4.78, 5) is 24.6. The minimum absolute atomic E-state index is 0.114. The molecule has 28 heavy (non-hydrogen) atoms. The van der Waals surface area contributed by atoms with Crippen LogP contribution in [0, 0.1) is 5.92 Å². The maximum atomic E-state index is 12.5. The molecule has 1 heterocycles. The number of ketones is 1. The number of carbonyl (C=O) groups excluding carboxylic acids is 2. The monoisotopic (exact) mass is 384 g/mol. The van der Waals surface area contributed by atoms with Gasteiger partial charge in [0.1, 0.15) is 11.5 Å². The van der Waals surface area contributed by atoms with Gasteiger partial charge >= 0.3 is 0 Å². The Labute approximate surface area is 164 Å². The SMILES string of the molecule is NC(=O)c1cc(CC2CCC2)c2c(c1O)C13CCNC(C2)C1(O)CCC(=O)C3. The van der Waals surface area contributed by atoms with Crippen LogP contribution in [0.15, 0.2) is 6.07 Å². The van der Waals surface area contributed by atoms with Crippen LogP contribution < -0.4 is 11.1 Å². The third-order valence-electron chi connectivity index (χ3n) is 8.02. The number of fused-ring (bicyclic) bond motifs is 1. The smallest absolute Gasteiger partial charge is 0.252 e. The predicted octanol–water partition coefficient (Wildman–Crippen LogP) is 1.47.